The summed E-state index contributed by atoms with van der Waals surface area (Å²) in [5.74, 6) is 0.375. The molecule has 43 heavy (non-hydrogen) atoms. The fraction of sp³-hybridized carbons (Fsp3) is 0.400. The van der Waals surface area contributed by atoms with E-state index in [1.54, 1.807) is 80.3 Å². The summed E-state index contributed by atoms with van der Waals surface area (Å²) in [5, 5.41) is 12.8. The topological polar surface area (TPSA) is 138 Å². The number of carbonyl (C=O) groups is 3. The van der Waals surface area contributed by atoms with E-state index < -0.39 is 12.1 Å². The lowest BCUT2D eigenvalue weighted by atomic mass is 10.0. The molecule has 0 radical (unpaired) electrons. The van der Waals surface area contributed by atoms with Gasteiger partial charge in [-0.3, -0.25) is 4.79 Å². The molecule has 12 nitrogen and oxygen atoms in total. The maximum atomic E-state index is 13.6. The van der Waals surface area contributed by atoms with Crippen LogP contribution in [0.25, 0.3) is 0 Å². The standard InChI is InChI=1S/C30H37ClN6O6/c1-17-14-37(30(40)34-27-19(3)35-43-20(27)4)18(2)16-42-25-13-23(33-29(39)32-22-9-7-8-21(31)12-22)10-11-24(25)28(38)36(5)15-26(17)41-6/h7-13,17-18,26H,14-16H2,1-6H3,(H,34,40)(H2,32,33,39)/t17-,18-,26-/m1/s1. The third-order valence-electron chi connectivity index (χ3n) is 7.31. The summed E-state index contributed by atoms with van der Waals surface area (Å²) in [6.45, 7) is 8.01. The highest BCUT2D eigenvalue weighted by Crippen LogP contribution is 2.28. The van der Waals surface area contributed by atoms with Gasteiger partial charge in [0.15, 0.2) is 5.76 Å². The summed E-state index contributed by atoms with van der Waals surface area (Å²) in [4.78, 5) is 43.0. The molecule has 3 N–H and O–H groups in total. The molecule has 0 aliphatic carbocycles. The minimum Gasteiger partial charge on any atom is -0.491 e. The highest BCUT2D eigenvalue weighted by atomic mass is 35.5. The van der Waals surface area contributed by atoms with Crippen LogP contribution in [-0.4, -0.2) is 78.9 Å². The highest BCUT2D eigenvalue weighted by molar-refractivity contribution is 6.30. The van der Waals surface area contributed by atoms with Crippen LogP contribution < -0.4 is 20.7 Å². The Morgan fingerprint density at radius 1 is 1.05 bits per heavy atom. The van der Waals surface area contributed by atoms with Crippen molar-refractivity contribution in [2.24, 2.45) is 5.92 Å². The number of aryl methyl sites for hydroxylation is 2. The number of nitrogens with one attached hydrogen (secondary N) is 3. The van der Waals surface area contributed by atoms with Crippen LogP contribution in [0.2, 0.25) is 5.02 Å². The summed E-state index contributed by atoms with van der Waals surface area (Å²) in [6.07, 6.45) is -0.351. The number of aromatic nitrogens is 1. The van der Waals surface area contributed by atoms with Gasteiger partial charge in [0.2, 0.25) is 0 Å². The zero-order chi connectivity index (χ0) is 31.3. The Morgan fingerprint density at radius 2 is 1.77 bits per heavy atom. The third-order valence-corrected chi connectivity index (χ3v) is 7.55. The van der Waals surface area contributed by atoms with Crippen LogP contribution >= 0.6 is 11.6 Å². The number of fused-ring (bicyclic) bond motifs is 1. The van der Waals surface area contributed by atoms with Crippen LogP contribution in [0.3, 0.4) is 0 Å². The second-order valence-electron chi connectivity index (χ2n) is 10.7. The Balaban J connectivity index is 1.60. The van der Waals surface area contributed by atoms with Crippen molar-refractivity contribution in [3.8, 4) is 5.75 Å². The number of benzene rings is 2. The number of hydrogen-bond acceptors (Lipinski definition) is 7. The SMILES string of the molecule is CO[C@@H]1CN(C)C(=O)c2ccc(NC(=O)Nc3cccc(Cl)c3)cc2OC[C@@H](C)N(C(=O)Nc2c(C)noc2C)C[C@H]1C. The molecule has 3 atom stereocenters. The van der Waals surface area contributed by atoms with Gasteiger partial charge in [0, 0.05) is 55.6 Å². The first-order valence-electron chi connectivity index (χ1n) is 13.9. The molecule has 2 heterocycles. The van der Waals surface area contributed by atoms with Crippen molar-refractivity contribution in [3.05, 3.63) is 64.5 Å². The van der Waals surface area contributed by atoms with Crippen molar-refractivity contribution in [2.75, 3.05) is 49.8 Å². The molecule has 0 saturated carbocycles. The number of urea groups is 2. The largest absolute Gasteiger partial charge is 0.491 e. The van der Waals surface area contributed by atoms with Crippen LogP contribution in [0.1, 0.15) is 35.7 Å². The van der Waals surface area contributed by atoms with E-state index in [1.807, 2.05) is 13.8 Å². The third kappa shape index (κ3) is 7.76. The molecule has 5 amide bonds. The van der Waals surface area contributed by atoms with E-state index >= 15 is 0 Å². The summed E-state index contributed by atoms with van der Waals surface area (Å²) in [6, 6.07) is 10.3. The van der Waals surface area contributed by atoms with Crippen LogP contribution in [0.4, 0.5) is 26.7 Å². The van der Waals surface area contributed by atoms with Crippen LogP contribution in [0.5, 0.6) is 5.75 Å². The van der Waals surface area contributed by atoms with Crippen molar-refractivity contribution in [3.63, 3.8) is 0 Å². The average Bonchev–Trinajstić information content (AvgIpc) is 3.28. The lowest BCUT2D eigenvalue weighted by molar-refractivity contribution is 0.0174. The van der Waals surface area contributed by atoms with Gasteiger partial charge in [-0.2, -0.15) is 0 Å². The molecule has 13 heteroatoms. The van der Waals surface area contributed by atoms with Gasteiger partial charge in [0.25, 0.3) is 5.91 Å². The summed E-state index contributed by atoms with van der Waals surface area (Å²) >= 11 is 6.02. The molecule has 0 fully saturated rings. The molecule has 3 aromatic rings. The molecule has 1 aliphatic heterocycles. The van der Waals surface area contributed by atoms with Crippen molar-refractivity contribution < 1.29 is 28.4 Å². The lowest BCUT2D eigenvalue weighted by Crippen LogP contribution is -2.50. The predicted molar refractivity (Wildman–Crippen MR) is 164 cm³/mol. The molecule has 0 bridgehead atoms. The summed E-state index contributed by atoms with van der Waals surface area (Å²) in [7, 11) is 3.28. The van der Waals surface area contributed by atoms with E-state index in [-0.39, 0.29) is 42.9 Å². The number of nitrogens with zero attached hydrogens (tertiary/aromatic N) is 3. The molecule has 2 aromatic carbocycles. The zero-order valence-corrected chi connectivity index (χ0v) is 25.8. The fourth-order valence-electron chi connectivity index (χ4n) is 4.83. The molecule has 4 rings (SSSR count). The van der Waals surface area contributed by atoms with Crippen LogP contribution in [-0.2, 0) is 4.74 Å². The number of amides is 5. The Hall–Kier alpha value is -4.29. The number of rotatable bonds is 4. The van der Waals surface area contributed by atoms with Crippen molar-refractivity contribution in [2.45, 2.75) is 39.8 Å². The minimum atomic E-state index is -0.494. The van der Waals surface area contributed by atoms with E-state index in [1.165, 1.54) is 0 Å². The van der Waals surface area contributed by atoms with Gasteiger partial charge in [-0.1, -0.05) is 29.7 Å². The monoisotopic (exact) mass is 612 g/mol. The first-order valence-corrected chi connectivity index (χ1v) is 14.2. The highest BCUT2D eigenvalue weighted by Gasteiger charge is 2.31. The average molecular weight is 613 g/mol. The quantitative estimate of drug-likeness (QED) is 0.347. The molecular weight excluding hydrogens is 576 g/mol. The number of ether oxygens (including phenoxy) is 2. The van der Waals surface area contributed by atoms with Gasteiger partial charge in [-0.15, -0.1) is 0 Å². The van der Waals surface area contributed by atoms with E-state index in [2.05, 4.69) is 21.1 Å². The van der Waals surface area contributed by atoms with Gasteiger partial charge in [-0.25, -0.2) is 9.59 Å². The molecule has 0 saturated heterocycles. The number of halogens is 1. The van der Waals surface area contributed by atoms with Crippen molar-refractivity contribution in [1.29, 1.82) is 0 Å². The van der Waals surface area contributed by atoms with Gasteiger partial charge in [0.05, 0.1) is 17.7 Å². The van der Waals surface area contributed by atoms with Gasteiger partial charge in [-0.05, 0) is 51.1 Å². The van der Waals surface area contributed by atoms with Crippen LogP contribution in [0.15, 0.2) is 47.0 Å². The minimum absolute atomic E-state index is 0.0710. The lowest BCUT2D eigenvalue weighted by Gasteiger charge is -2.36. The van der Waals surface area contributed by atoms with E-state index in [9.17, 15) is 14.4 Å². The number of methoxy groups -OCH3 is 1. The Bertz CT molecular complexity index is 1460. The second kappa shape index (κ2) is 13.8. The maximum Gasteiger partial charge on any atom is 0.323 e. The first kappa shape index (κ1) is 31.6. The van der Waals surface area contributed by atoms with Gasteiger partial charge < -0.3 is 39.7 Å². The number of hydrogen-bond donors (Lipinski definition) is 3. The second-order valence-corrected chi connectivity index (χ2v) is 11.1. The Labute approximate surface area is 255 Å². The van der Waals surface area contributed by atoms with Crippen molar-refractivity contribution in [1.82, 2.24) is 15.0 Å². The fourth-order valence-corrected chi connectivity index (χ4v) is 5.02. The molecule has 1 aromatic heterocycles. The zero-order valence-electron chi connectivity index (χ0n) is 25.1. The van der Waals surface area contributed by atoms with Crippen LogP contribution in [0, 0.1) is 19.8 Å². The Kier molecular flexibility index (Phi) is 10.1. The van der Waals surface area contributed by atoms with E-state index in [4.69, 9.17) is 25.6 Å². The van der Waals surface area contributed by atoms with Gasteiger partial charge >= 0.3 is 12.1 Å². The summed E-state index contributed by atoms with van der Waals surface area (Å²) < 4.78 is 17.2. The number of carbonyl (C=O) groups excluding carboxylic acids is 3. The van der Waals surface area contributed by atoms with E-state index in [0.29, 0.717) is 45.6 Å². The molecule has 0 spiro atoms. The molecule has 230 valence electrons. The molecule has 0 unspecified atom stereocenters. The maximum absolute atomic E-state index is 13.6. The molecular formula is C30H37ClN6O6. The van der Waals surface area contributed by atoms with Crippen molar-refractivity contribution >= 4 is 46.6 Å². The predicted octanol–water partition coefficient (Wildman–Crippen LogP) is 5.63. The van der Waals surface area contributed by atoms with Gasteiger partial charge in [0.1, 0.15) is 23.7 Å². The van der Waals surface area contributed by atoms with E-state index in [0.717, 1.165) is 0 Å². The normalized spacial score (nSPS) is 19.4. The number of likely N-dealkylation sites (N-methyl/N-ethyl adjacent to an activating group) is 1. The Morgan fingerprint density at radius 3 is 2.42 bits per heavy atom. The first-order chi connectivity index (χ1) is 20.5. The smallest absolute Gasteiger partial charge is 0.323 e. The molecule has 1 aliphatic rings. The summed E-state index contributed by atoms with van der Waals surface area (Å²) in [5.41, 5.74) is 2.33. The number of anilines is 3.